The first kappa shape index (κ1) is 14.8. The van der Waals surface area contributed by atoms with Gasteiger partial charge in [-0.05, 0) is 42.8 Å². The maximum absolute atomic E-state index is 11.9. The molecule has 0 radical (unpaired) electrons. The Morgan fingerprint density at radius 2 is 1.42 bits per heavy atom. The summed E-state index contributed by atoms with van der Waals surface area (Å²) in [4.78, 5) is 25.0. The van der Waals surface area contributed by atoms with Gasteiger partial charge in [0.05, 0.1) is 18.4 Å². The number of imide groups is 1. The Bertz CT molecular complexity index is 737. The molecule has 4 rings (SSSR count). The molecule has 2 aromatic rings. The van der Waals surface area contributed by atoms with Crippen LogP contribution in [0.1, 0.15) is 6.42 Å². The van der Waals surface area contributed by atoms with Crippen LogP contribution in [-0.4, -0.2) is 29.9 Å². The average Bonchev–Trinajstić information content (AvgIpc) is 3.36. The number of ether oxygens (including phenoxy) is 2. The minimum Gasteiger partial charge on any atom is -0.492 e. The number of nitrogens with zero attached hydrogens (tertiary/aromatic N) is 1. The highest BCUT2D eigenvalue weighted by Gasteiger charge is 2.58. The van der Waals surface area contributed by atoms with Crippen molar-refractivity contribution in [2.75, 3.05) is 13.2 Å². The lowest BCUT2D eigenvalue weighted by Crippen LogP contribution is -2.36. The highest BCUT2D eigenvalue weighted by molar-refractivity contribution is 6.08. The quantitative estimate of drug-likeness (QED) is 0.767. The van der Waals surface area contributed by atoms with Crippen LogP contribution in [0.4, 0.5) is 0 Å². The summed E-state index contributed by atoms with van der Waals surface area (Å²) in [5.74, 6) is 1.99. The Morgan fingerprint density at radius 1 is 0.833 bits per heavy atom. The van der Waals surface area contributed by atoms with E-state index in [1.165, 1.54) is 4.90 Å². The Labute approximate surface area is 139 Å². The summed E-state index contributed by atoms with van der Waals surface area (Å²) in [5.41, 5.74) is 0. The normalized spacial score (nSPS) is 21.6. The van der Waals surface area contributed by atoms with Crippen LogP contribution in [-0.2, 0) is 9.59 Å². The molecule has 0 aromatic heterocycles. The Morgan fingerprint density at radius 3 is 2.08 bits per heavy atom. The Balaban J connectivity index is 1.28. The number of benzene rings is 2. The van der Waals surface area contributed by atoms with E-state index in [4.69, 9.17) is 9.47 Å². The number of amides is 2. The molecule has 1 saturated carbocycles. The summed E-state index contributed by atoms with van der Waals surface area (Å²) in [7, 11) is 0. The fourth-order valence-electron chi connectivity index (χ4n) is 2.95. The number of carbonyl (C=O) groups is 2. The zero-order chi connectivity index (χ0) is 16.5. The van der Waals surface area contributed by atoms with Crippen molar-refractivity contribution in [2.24, 2.45) is 11.8 Å². The molecule has 5 nitrogen and oxygen atoms in total. The predicted octanol–water partition coefficient (Wildman–Crippen LogP) is 2.86. The van der Waals surface area contributed by atoms with Crippen molar-refractivity contribution < 1.29 is 19.1 Å². The van der Waals surface area contributed by atoms with Gasteiger partial charge in [-0.15, -0.1) is 0 Å². The molecule has 2 amide bonds. The monoisotopic (exact) mass is 323 g/mol. The third-order valence-electron chi connectivity index (χ3n) is 4.34. The minimum atomic E-state index is -0.0491. The number of fused-ring (bicyclic) bond motifs is 1. The van der Waals surface area contributed by atoms with Gasteiger partial charge < -0.3 is 9.47 Å². The van der Waals surface area contributed by atoms with Crippen molar-refractivity contribution in [1.82, 2.24) is 4.90 Å². The summed E-state index contributed by atoms with van der Waals surface area (Å²) >= 11 is 0. The molecule has 0 N–H and O–H groups in total. The molecule has 1 aliphatic carbocycles. The second-order valence-electron chi connectivity index (χ2n) is 6.01. The molecule has 1 aliphatic heterocycles. The molecule has 122 valence electrons. The van der Waals surface area contributed by atoms with Gasteiger partial charge in [-0.25, -0.2) is 0 Å². The van der Waals surface area contributed by atoms with Crippen molar-refractivity contribution in [3.05, 3.63) is 54.6 Å². The zero-order valence-corrected chi connectivity index (χ0v) is 13.1. The first-order valence-corrected chi connectivity index (χ1v) is 8.03. The first-order chi connectivity index (χ1) is 11.7. The number of carbonyl (C=O) groups excluding carboxylic acids is 2. The molecule has 24 heavy (non-hydrogen) atoms. The maximum Gasteiger partial charge on any atom is 0.233 e. The van der Waals surface area contributed by atoms with E-state index in [2.05, 4.69) is 0 Å². The summed E-state index contributed by atoms with van der Waals surface area (Å²) in [5, 5.41) is 0. The van der Waals surface area contributed by atoms with Gasteiger partial charge >= 0.3 is 0 Å². The fraction of sp³-hybridized carbons (Fsp3) is 0.263. The van der Waals surface area contributed by atoms with Crippen LogP contribution in [0, 0.1) is 11.8 Å². The number of para-hydroxylation sites is 1. The SMILES string of the molecule is O=C1[C@H]2C[C@@H]2C(=O)N1CCOc1ccc(Oc2ccccc2)cc1. The van der Waals surface area contributed by atoms with Gasteiger partial charge in [0.1, 0.15) is 23.9 Å². The Hall–Kier alpha value is -2.82. The minimum absolute atomic E-state index is 0.0415. The van der Waals surface area contributed by atoms with Crippen LogP contribution in [0.2, 0.25) is 0 Å². The molecule has 5 heteroatoms. The summed E-state index contributed by atoms with van der Waals surface area (Å²) in [6.07, 6.45) is 0.734. The molecule has 0 bridgehead atoms. The topological polar surface area (TPSA) is 55.8 Å². The van der Waals surface area contributed by atoms with Crippen LogP contribution >= 0.6 is 0 Å². The largest absolute Gasteiger partial charge is 0.492 e. The van der Waals surface area contributed by atoms with E-state index >= 15 is 0 Å². The van der Waals surface area contributed by atoms with Crippen LogP contribution in [0.15, 0.2) is 54.6 Å². The lowest BCUT2D eigenvalue weighted by molar-refractivity contribution is -0.141. The molecule has 2 atom stereocenters. The fourth-order valence-corrected chi connectivity index (χ4v) is 2.95. The van der Waals surface area contributed by atoms with Crippen molar-refractivity contribution in [3.63, 3.8) is 0 Å². The molecule has 1 heterocycles. The lowest BCUT2D eigenvalue weighted by atomic mass is 10.3. The van der Waals surface area contributed by atoms with Crippen molar-refractivity contribution in [3.8, 4) is 17.2 Å². The van der Waals surface area contributed by atoms with Gasteiger partial charge in [0.15, 0.2) is 0 Å². The molecule has 2 aromatic carbocycles. The molecule has 2 fully saturated rings. The molecular weight excluding hydrogens is 306 g/mol. The third-order valence-corrected chi connectivity index (χ3v) is 4.34. The number of hydrogen-bond donors (Lipinski definition) is 0. The smallest absolute Gasteiger partial charge is 0.233 e. The summed E-state index contributed by atoms with van der Waals surface area (Å²) in [6.45, 7) is 0.614. The van der Waals surface area contributed by atoms with Gasteiger partial charge in [-0.3, -0.25) is 14.5 Å². The van der Waals surface area contributed by atoms with Crippen LogP contribution in [0.5, 0.6) is 17.2 Å². The lowest BCUT2D eigenvalue weighted by Gasteiger charge is -2.16. The standard InChI is InChI=1S/C19H17NO4/c21-18-16-12-17(16)19(22)20(18)10-11-23-13-6-8-15(9-7-13)24-14-4-2-1-3-5-14/h1-9,16-17H,10-12H2/t16-,17-/m0/s1. The van der Waals surface area contributed by atoms with E-state index in [1.807, 2.05) is 54.6 Å². The zero-order valence-electron chi connectivity index (χ0n) is 13.1. The maximum atomic E-state index is 11.9. The van der Waals surface area contributed by atoms with Crippen molar-refractivity contribution >= 4 is 11.8 Å². The average molecular weight is 323 g/mol. The second kappa shape index (κ2) is 6.00. The highest BCUT2D eigenvalue weighted by atomic mass is 16.5. The van der Waals surface area contributed by atoms with Crippen molar-refractivity contribution in [1.29, 1.82) is 0 Å². The molecule has 0 spiro atoms. The van der Waals surface area contributed by atoms with E-state index in [-0.39, 0.29) is 23.7 Å². The van der Waals surface area contributed by atoms with Gasteiger partial charge in [-0.2, -0.15) is 0 Å². The van der Waals surface area contributed by atoms with Gasteiger partial charge in [0.2, 0.25) is 11.8 Å². The van der Waals surface area contributed by atoms with Crippen LogP contribution < -0.4 is 9.47 Å². The van der Waals surface area contributed by atoms with E-state index in [0.717, 1.165) is 17.9 Å². The van der Waals surface area contributed by atoms with Crippen molar-refractivity contribution in [2.45, 2.75) is 6.42 Å². The number of likely N-dealkylation sites (tertiary alicyclic amines) is 1. The van der Waals surface area contributed by atoms with E-state index < -0.39 is 0 Å². The van der Waals surface area contributed by atoms with Gasteiger partial charge in [0.25, 0.3) is 0 Å². The van der Waals surface area contributed by atoms with E-state index in [0.29, 0.717) is 18.9 Å². The number of piperidine rings is 1. The van der Waals surface area contributed by atoms with E-state index in [9.17, 15) is 9.59 Å². The highest BCUT2D eigenvalue weighted by Crippen LogP contribution is 2.46. The molecular formula is C19H17NO4. The van der Waals surface area contributed by atoms with E-state index in [1.54, 1.807) is 0 Å². The predicted molar refractivity (Wildman–Crippen MR) is 86.8 cm³/mol. The van der Waals surface area contributed by atoms with Crippen LogP contribution in [0.3, 0.4) is 0 Å². The first-order valence-electron chi connectivity index (χ1n) is 8.03. The van der Waals surface area contributed by atoms with Gasteiger partial charge in [0, 0.05) is 0 Å². The summed E-state index contributed by atoms with van der Waals surface area (Å²) in [6, 6.07) is 16.8. The Kier molecular flexibility index (Phi) is 3.69. The molecule has 2 aliphatic rings. The molecule has 0 unspecified atom stereocenters. The number of hydrogen-bond acceptors (Lipinski definition) is 4. The second-order valence-corrected chi connectivity index (χ2v) is 6.01. The molecule has 1 saturated heterocycles. The number of rotatable bonds is 6. The van der Waals surface area contributed by atoms with Gasteiger partial charge in [-0.1, -0.05) is 18.2 Å². The van der Waals surface area contributed by atoms with Crippen LogP contribution in [0.25, 0.3) is 0 Å². The summed E-state index contributed by atoms with van der Waals surface area (Å²) < 4.78 is 11.3. The third kappa shape index (κ3) is 2.85.